The Bertz CT molecular complexity index is 683. The highest BCUT2D eigenvalue weighted by Crippen LogP contribution is 2.70. The van der Waals surface area contributed by atoms with Crippen LogP contribution in [-0.4, -0.2) is 44.5 Å². The molecule has 4 fully saturated rings. The van der Waals surface area contributed by atoms with Crippen LogP contribution in [0.15, 0.2) is 0 Å². The Kier molecular flexibility index (Phi) is 5.55. The van der Waals surface area contributed by atoms with Crippen molar-refractivity contribution in [1.82, 2.24) is 0 Å². The van der Waals surface area contributed by atoms with E-state index < -0.39 is 35.4 Å². The summed E-state index contributed by atoms with van der Waals surface area (Å²) in [6.45, 7) is 6.30. The molecule has 6 heteroatoms. The second kappa shape index (κ2) is 7.41. The third kappa shape index (κ3) is 3.24. The number of halogens is 1. The van der Waals surface area contributed by atoms with Gasteiger partial charge in [0, 0.05) is 18.8 Å². The fourth-order valence-corrected chi connectivity index (χ4v) is 8.67. The molecule has 30 heavy (non-hydrogen) atoms. The predicted octanol–water partition coefficient (Wildman–Crippen LogP) is 3.75. The van der Waals surface area contributed by atoms with E-state index in [0.717, 1.165) is 19.3 Å². The topological polar surface area (TPSA) is 98.0 Å². The van der Waals surface area contributed by atoms with Gasteiger partial charge in [0.05, 0.1) is 12.2 Å². The lowest BCUT2D eigenvalue weighted by Gasteiger charge is -2.64. The summed E-state index contributed by atoms with van der Waals surface area (Å²) < 4.78 is 15.9. The third-order valence-corrected chi connectivity index (χ3v) is 10.3. The second-order valence-corrected chi connectivity index (χ2v) is 11.6. The molecule has 4 rings (SSSR count). The van der Waals surface area contributed by atoms with Gasteiger partial charge in [0.2, 0.25) is 5.85 Å². The number of hydrogen-bond acceptors (Lipinski definition) is 4. The van der Waals surface area contributed by atoms with Gasteiger partial charge in [-0.2, -0.15) is 0 Å². The Morgan fingerprint density at radius 1 is 1.13 bits per heavy atom. The van der Waals surface area contributed by atoms with E-state index in [1.807, 2.05) is 0 Å². The van der Waals surface area contributed by atoms with Crippen LogP contribution < -0.4 is 0 Å². The maximum absolute atomic E-state index is 15.9. The first kappa shape index (κ1) is 22.5. The average molecular weight is 427 g/mol. The van der Waals surface area contributed by atoms with Crippen molar-refractivity contribution in [3.8, 4) is 0 Å². The smallest absolute Gasteiger partial charge is 0.303 e. The zero-order valence-electron chi connectivity index (χ0n) is 18.6. The van der Waals surface area contributed by atoms with E-state index in [1.54, 1.807) is 0 Å². The first-order chi connectivity index (χ1) is 13.9. The summed E-state index contributed by atoms with van der Waals surface area (Å²) in [5.41, 5.74) is -0.673. The number of carboxylic acids is 1. The van der Waals surface area contributed by atoms with E-state index in [2.05, 4.69) is 20.8 Å². The van der Waals surface area contributed by atoms with Crippen molar-refractivity contribution in [3.05, 3.63) is 0 Å². The molecule has 0 amide bonds. The number of aliphatic carboxylic acids is 1. The zero-order chi connectivity index (χ0) is 22.1. The Labute approximate surface area is 179 Å². The molecule has 4 aliphatic carbocycles. The van der Waals surface area contributed by atoms with Gasteiger partial charge in [-0.25, -0.2) is 4.39 Å². The van der Waals surface area contributed by atoms with Gasteiger partial charge < -0.3 is 20.4 Å². The average Bonchev–Trinajstić information content (AvgIpc) is 3.00. The van der Waals surface area contributed by atoms with Gasteiger partial charge in [-0.05, 0) is 85.4 Å². The summed E-state index contributed by atoms with van der Waals surface area (Å²) in [5, 5.41) is 41.7. The van der Waals surface area contributed by atoms with E-state index >= 15 is 4.39 Å². The molecule has 4 aliphatic rings. The highest BCUT2D eigenvalue weighted by Gasteiger charge is 2.69. The van der Waals surface area contributed by atoms with Gasteiger partial charge in [0.25, 0.3) is 0 Å². The lowest BCUT2D eigenvalue weighted by Crippen LogP contribution is -2.65. The normalized spacial score (nSPS) is 54.0. The molecule has 11 unspecified atom stereocenters. The summed E-state index contributed by atoms with van der Waals surface area (Å²) in [7, 11) is 0. The zero-order valence-corrected chi connectivity index (χ0v) is 18.6. The predicted molar refractivity (Wildman–Crippen MR) is 110 cm³/mol. The molecule has 0 aromatic heterocycles. The largest absolute Gasteiger partial charge is 0.481 e. The third-order valence-electron chi connectivity index (χ3n) is 10.3. The second-order valence-electron chi connectivity index (χ2n) is 11.6. The molecular weight excluding hydrogens is 387 g/mol. The van der Waals surface area contributed by atoms with Crippen molar-refractivity contribution in [2.45, 2.75) is 96.6 Å². The number of aliphatic hydroxyl groups is 3. The number of carboxylic acid groups (broad SMARTS) is 1. The fraction of sp³-hybridized carbons (Fsp3) is 0.958. The highest BCUT2D eigenvalue weighted by molar-refractivity contribution is 5.66. The molecular formula is C24H39FO5. The van der Waals surface area contributed by atoms with Crippen LogP contribution in [0, 0.1) is 46.3 Å². The number of carbonyl (C=O) groups is 1. The standard InChI is InChI=1S/C24H39FO5/c1-13(4-7-20(28)29)16-5-6-17-21-18(11-19(27)23(16,17)3)22(2)9-8-15(26)10-14(22)12-24(21,25)30/h13-19,21,26-27,30H,4-12H2,1-3H3,(H,28,29). The summed E-state index contributed by atoms with van der Waals surface area (Å²) >= 11 is 0. The van der Waals surface area contributed by atoms with Crippen LogP contribution >= 0.6 is 0 Å². The summed E-state index contributed by atoms with van der Waals surface area (Å²) in [6.07, 6.45) is 3.86. The van der Waals surface area contributed by atoms with Gasteiger partial charge in [-0.15, -0.1) is 0 Å². The molecule has 0 aromatic carbocycles. The molecule has 11 atom stereocenters. The van der Waals surface area contributed by atoms with Crippen molar-refractivity contribution in [3.63, 3.8) is 0 Å². The maximum atomic E-state index is 15.9. The van der Waals surface area contributed by atoms with E-state index in [9.17, 15) is 20.1 Å². The van der Waals surface area contributed by atoms with Crippen molar-refractivity contribution in [1.29, 1.82) is 0 Å². The quantitative estimate of drug-likeness (QED) is 0.549. The molecule has 0 aliphatic heterocycles. The summed E-state index contributed by atoms with van der Waals surface area (Å²) in [5.74, 6) is -3.60. The molecule has 0 bridgehead atoms. The lowest BCUT2D eigenvalue weighted by atomic mass is 9.42. The first-order valence-corrected chi connectivity index (χ1v) is 11.9. The Balaban J connectivity index is 1.65. The number of hydrogen-bond donors (Lipinski definition) is 4. The molecule has 172 valence electrons. The Morgan fingerprint density at radius 3 is 2.50 bits per heavy atom. The van der Waals surface area contributed by atoms with Crippen molar-refractivity contribution >= 4 is 5.97 Å². The fourth-order valence-electron chi connectivity index (χ4n) is 8.67. The molecule has 0 aromatic rings. The first-order valence-electron chi connectivity index (χ1n) is 11.9. The van der Waals surface area contributed by atoms with Crippen LogP contribution in [0.4, 0.5) is 4.39 Å². The van der Waals surface area contributed by atoms with E-state index in [4.69, 9.17) is 5.11 Å². The van der Waals surface area contributed by atoms with Crippen LogP contribution in [0.5, 0.6) is 0 Å². The number of alkyl halides is 1. The Hall–Kier alpha value is -0.720. The summed E-state index contributed by atoms with van der Waals surface area (Å²) in [6, 6.07) is 0. The van der Waals surface area contributed by atoms with Crippen molar-refractivity contribution in [2.24, 2.45) is 46.3 Å². The van der Waals surface area contributed by atoms with Crippen molar-refractivity contribution < 1.29 is 29.6 Å². The molecule has 0 heterocycles. The van der Waals surface area contributed by atoms with Gasteiger partial charge in [-0.3, -0.25) is 4.79 Å². The van der Waals surface area contributed by atoms with Crippen molar-refractivity contribution in [2.75, 3.05) is 0 Å². The minimum Gasteiger partial charge on any atom is -0.481 e. The van der Waals surface area contributed by atoms with Crippen LogP contribution in [0.3, 0.4) is 0 Å². The summed E-state index contributed by atoms with van der Waals surface area (Å²) in [4.78, 5) is 11.1. The minimum atomic E-state index is -2.28. The maximum Gasteiger partial charge on any atom is 0.303 e. The molecule has 4 saturated carbocycles. The molecule has 0 radical (unpaired) electrons. The number of aliphatic hydroxyl groups excluding tert-OH is 2. The van der Waals surface area contributed by atoms with E-state index in [-0.39, 0.29) is 47.8 Å². The lowest BCUT2D eigenvalue weighted by molar-refractivity contribution is -0.285. The number of fused-ring (bicyclic) bond motifs is 5. The van der Waals surface area contributed by atoms with E-state index in [0.29, 0.717) is 25.7 Å². The SMILES string of the molecule is CC(CCC(=O)O)C1CCC2C3C(CC(O)C12C)C1(C)CCC(O)CC1CC3(O)F. The van der Waals surface area contributed by atoms with Gasteiger partial charge in [-0.1, -0.05) is 20.8 Å². The van der Waals surface area contributed by atoms with Gasteiger partial charge >= 0.3 is 5.97 Å². The van der Waals surface area contributed by atoms with Gasteiger partial charge in [0.1, 0.15) is 0 Å². The number of rotatable bonds is 4. The van der Waals surface area contributed by atoms with E-state index in [1.165, 1.54) is 0 Å². The van der Waals surface area contributed by atoms with Crippen LogP contribution in [0.2, 0.25) is 0 Å². The van der Waals surface area contributed by atoms with Crippen LogP contribution in [0.1, 0.15) is 78.6 Å². The van der Waals surface area contributed by atoms with Gasteiger partial charge in [0.15, 0.2) is 0 Å². The monoisotopic (exact) mass is 426 g/mol. The van der Waals surface area contributed by atoms with Crippen LogP contribution in [-0.2, 0) is 4.79 Å². The molecule has 0 saturated heterocycles. The Morgan fingerprint density at radius 2 is 1.83 bits per heavy atom. The molecule has 4 N–H and O–H groups in total. The minimum absolute atomic E-state index is 0.0688. The highest BCUT2D eigenvalue weighted by atomic mass is 19.2. The molecule has 5 nitrogen and oxygen atoms in total. The molecule has 0 spiro atoms. The van der Waals surface area contributed by atoms with Crippen LogP contribution in [0.25, 0.3) is 0 Å².